The van der Waals surface area contributed by atoms with Crippen molar-refractivity contribution in [1.29, 1.82) is 0 Å². The number of piperidine rings is 1. The number of esters is 1. The van der Waals surface area contributed by atoms with Crippen LogP contribution in [0.5, 0.6) is 11.5 Å². The fourth-order valence-corrected chi connectivity index (χ4v) is 5.77. The first kappa shape index (κ1) is 25.9. The van der Waals surface area contributed by atoms with Gasteiger partial charge in [0.25, 0.3) is 0 Å². The van der Waals surface area contributed by atoms with Crippen LogP contribution in [0.4, 0.5) is 0 Å². The van der Waals surface area contributed by atoms with Crippen molar-refractivity contribution in [1.82, 2.24) is 15.0 Å². The van der Waals surface area contributed by atoms with Gasteiger partial charge in [0.05, 0.1) is 23.4 Å². The van der Waals surface area contributed by atoms with E-state index in [9.17, 15) is 4.79 Å². The highest BCUT2D eigenvalue weighted by Crippen LogP contribution is 2.38. The molecule has 1 aliphatic rings. The Labute approximate surface area is 226 Å². The summed E-state index contributed by atoms with van der Waals surface area (Å²) in [5.74, 6) is 1.87. The second-order valence-corrected chi connectivity index (χ2v) is 10.3. The Kier molecular flexibility index (Phi) is 8.00. The number of aryl methyl sites for hydroxylation is 1. The average Bonchev–Trinajstić information content (AvgIpc) is 3.57. The number of carbonyl (C=O) groups excluding carboxylic acids is 1. The van der Waals surface area contributed by atoms with Crippen LogP contribution in [0.3, 0.4) is 0 Å². The van der Waals surface area contributed by atoms with E-state index in [1.165, 1.54) is 11.9 Å². The highest BCUT2D eigenvalue weighted by Gasteiger charge is 2.25. The van der Waals surface area contributed by atoms with Crippen LogP contribution in [0.1, 0.15) is 42.0 Å². The van der Waals surface area contributed by atoms with Crippen molar-refractivity contribution < 1.29 is 18.8 Å². The van der Waals surface area contributed by atoms with Gasteiger partial charge in [-0.05, 0) is 50.6 Å². The number of benzene rings is 2. The van der Waals surface area contributed by atoms with Gasteiger partial charge in [0, 0.05) is 30.3 Å². The van der Waals surface area contributed by atoms with Crippen LogP contribution in [-0.4, -0.2) is 47.8 Å². The van der Waals surface area contributed by atoms with E-state index in [4.69, 9.17) is 19.0 Å². The standard InChI is InChI=1S/C30H31N3O4S/c1-20-28(29(32-37-20)23-9-5-4-6-10-23)25-19-38-30(31-25)24-13-16-33(17-14-24)15-7-8-22-11-12-26(36-21(2)34)27(18-22)35-3/h4-12,18-19,24H,13-17H2,1-3H3. The van der Waals surface area contributed by atoms with E-state index in [1.54, 1.807) is 24.5 Å². The number of nitrogens with zero attached hydrogens (tertiary/aromatic N) is 3. The smallest absolute Gasteiger partial charge is 0.308 e. The van der Waals surface area contributed by atoms with E-state index in [-0.39, 0.29) is 5.97 Å². The Morgan fingerprint density at radius 2 is 1.95 bits per heavy atom. The third-order valence-electron chi connectivity index (χ3n) is 6.74. The molecular formula is C30H31N3O4S. The summed E-state index contributed by atoms with van der Waals surface area (Å²) in [4.78, 5) is 18.8. The number of likely N-dealkylation sites (tertiary alicyclic amines) is 1. The summed E-state index contributed by atoms with van der Waals surface area (Å²) in [5, 5.41) is 7.65. The molecule has 0 amide bonds. The van der Waals surface area contributed by atoms with Crippen molar-refractivity contribution in [2.24, 2.45) is 0 Å². The number of carbonyl (C=O) groups is 1. The molecule has 2 aromatic heterocycles. The molecule has 1 fully saturated rings. The third kappa shape index (κ3) is 5.87. The fourth-order valence-electron chi connectivity index (χ4n) is 4.78. The van der Waals surface area contributed by atoms with Crippen molar-refractivity contribution in [3.63, 3.8) is 0 Å². The Morgan fingerprint density at radius 1 is 1.16 bits per heavy atom. The largest absolute Gasteiger partial charge is 0.493 e. The van der Waals surface area contributed by atoms with Crippen molar-refractivity contribution in [2.45, 2.75) is 32.6 Å². The number of hydrogen-bond acceptors (Lipinski definition) is 8. The zero-order valence-electron chi connectivity index (χ0n) is 21.8. The average molecular weight is 530 g/mol. The van der Waals surface area contributed by atoms with Gasteiger partial charge in [-0.2, -0.15) is 0 Å². The monoisotopic (exact) mass is 529 g/mol. The van der Waals surface area contributed by atoms with Gasteiger partial charge in [0.15, 0.2) is 11.5 Å². The zero-order chi connectivity index (χ0) is 26.5. The minimum Gasteiger partial charge on any atom is -0.493 e. The molecule has 5 rings (SSSR count). The highest BCUT2D eigenvalue weighted by molar-refractivity contribution is 7.10. The molecule has 0 aliphatic carbocycles. The first-order chi connectivity index (χ1) is 18.5. The number of rotatable bonds is 8. The molecule has 2 aromatic carbocycles. The number of aromatic nitrogens is 2. The first-order valence-corrected chi connectivity index (χ1v) is 13.6. The quantitative estimate of drug-likeness (QED) is 0.188. The molecule has 0 unspecified atom stereocenters. The normalized spacial score (nSPS) is 14.7. The highest BCUT2D eigenvalue weighted by atomic mass is 32.1. The van der Waals surface area contributed by atoms with Crippen molar-refractivity contribution >= 4 is 23.4 Å². The van der Waals surface area contributed by atoms with Gasteiger partial charge in [-0.15, -0.1) is 11.3 Å². The summed E-state index contributed by atoms with van der Waals surface area (Å²) in [6.45, 7) is 6.26. The second kappa shape index (κ2) is 11.8. The molecule has 0 N–H and O–H groups in total. The SMILES string of the molecule is COc1cc(C=CCN2CCC(c3nc(-c4c(-c5ccccc5)noc4C)cs3)CC2)ccc1OC(C)=O. The van der Waals surface area contributed by atoms with Crippen molar-refractivity contribution in [3.05, 3.63) is 76.3 Å². The van der Waals surface area contributed by atoms with Crippen molar-refractivity contribution in [2.75, 3.05) is 26.7 Å². The van der Waals surface area contributed by atoms with Gasteiger partial charge < -0.3 is 14.0 Å². The van der Waals surface area contributed by atoms with Crippen LogP contribution >= 0.6 is 11.3 Å². The lowest BCUT2D eigenvalue weighted by molar-refractivity contribution is -0.132. The summed E-state index contributed by atoms with van der Waals surface area (Å²) in [7, 11) is 1.57. The van der Waals surface area contributed by atoms with Crippen LogP contribution in [-0.2, 0) is 4.79 Å². The van der Waals surface area contributed by atoms with Gasteiger partial charge in [0.1, 0.15) is 11.5 Å². The molecule has 1 aliphatic heterocycles. The van der Waals surface area contributed by atoms with Crippen LogP contribution < -0.4 is 9.47 Å². The number of thiazole rings is 1. The van der Waals surface area contributed by atoms with E-state index >= 15 is 0 Å². The Morgan fingerprint density at radius 3 is 2.68 bits per heavy atom. The lowest BCUT2D eigenvalue weighted by atomic mass is 9.97. The second-order valence-electron chi connectivity index (χ2n) is 9.38. The number of methoxy groups -OCH3 is 1. The van der Waals surface area contributed by atoms with E-state index in [0.717, 1.165) is 66.3 Å². The number of ether oxygens (including phenoxy) is 2. The molecule has 0 bridgehead atoms. The van der Waals surface area contributed by atoms with Gasteiger partial charge in [-0.3, -0.25) is 9.69 Å². The molecule has 0 radical (unpaired) electrons. The molecular weight excluding hydrogens is 498 g/mol. The van der Waals surface area contributed by atoms with Gasteiger partial charge in [0.2, 0.25) is 0 Å². The molecule has 7 nitrogen and oxygen atoms in total. The Balaban J connectivity index is 1.18. The topological polar surface area (TPSA) is 77.7 Å². The third-order valence-corrected chi connectivity index (χ3v) is 7.75. The lowest BCUT2D eigenvalue weighted by Crippen LogP contribution is -2.33. The predicted octanol–water partition coefficient (Wildman–Crippen LogP) is 6.60. The van der Waals surface area contributed by atoms with Gasteiger partial charge in [-0.1, -0.05) is 53.7 Å². The summed E-state index contributed by atoms with van der Waals surface area (Å²) >= 11 is 1.74. The minimum atomic E-state index is -0.366. The molecule has 8 heteroatoms. The molecule has 0 saturated carbocycles. The van der Waals surface area contributed by atoms with Crippen LogP contribution in [0.25, 0.3) is 28.6 Å². The lowest BCUT2D eigenvalue weighted by Gasteiger charge is -2.30. The maximum atomic E-state index is 11.3. The van der Waals surface area contributed by atoms with E-state index in [2.05, 4.69) is 27.6 Å². The van der Waals surface area contributed by atoms with Crippen molar-refractivity contribution in [3.8, 4) is 34.0 Å². The molecule has 0 atom stereocenters. The minimum absolute atomic E-state index is 0.366. The van der Waals surface area contributed by atoms with E-state index in [1.807, 2.05) is 49.4 Å². The molecule has 1 saturated heterocycles. The summed E-state index contributed by atoms with van der Waals surface area (Å²) < 4.78 is 16.1. The maximum Gasteiger partial charge on any atom is 0.308 e. The summed E-state index contributed by atoms with van der Waals surface area (Å²) in [6.07, 6.45) is 6.41. The van der Waals surface area contributed by atoms with Crippen LogP contribution in [0, 0.1) is 6.92 Å². The first-order valence-electron chi connectivity index (χ1n) is 12.7. The Bertz CT molecular complexity index is 1420. The van der Waals surface area contributed by atoms with E-state index in [0.29, 0.717) is 17.4 Å². The van der Waals surface area contributed by atoms with E-state index < -0.39 is 0 Å². The summed E-state index contributed by atoms with van der Waals surface area (Å²) in [5.41, 5.74) is 4.82. The molecule has 196 valence electrons. The molecule has 38 heavy (non-hydrogen) atoms. The van der Waals surface area contributed by atoms with Crippen LogP contribution in [0.2, 0.25) is 0 Å². The predicted molar refractivity (Wildman–Crippen MR) is 150 cm³/mol. The molecule has 4 aromatic rings. The van der Waals surface area contributed by atoms with Crippen LogP contribution in [0.15, 0.2) is 64.5 Å². The number of hydrogen-bond donors (Lipinski definition) is 0. The fraction of sp³-hybridized carbons (Fsp3) is 0.300. The summed E-state index contributed by atoms with van der Waals surface area (Å²) in [6, 6.07) is 15.7. The Hall–Kier alpha value is -3.75. The zero-order valence-corrected chi connectivity index (χ0v) is 22.7. The van der Waals surface area contributed by atoms with Gasteiger partial charge >= 0.3 is 5.97 Å². The van der Waals surface area contributed by atoms with Gasteiger partial charge in [-0.25, -0.2) is 4.98 Å². The molecule has 3 heterocycles. The molecule has 0 spiro atoms. The maximum absolute atomic E-state index is 11.3.